The summed E-state index contributed by atoms with van der Waals surface area (Å²) in [7, 11) is 0. The number of anilines is 2. The van der Waals surface area contributed by atoms with E-state index in [0.717, 1.165) is 11.0 Å². The molecule has 0 aliphatic rings. The number of allylic oxidation sites excluding steroid dienone is 4. The highest BCUT2D eigenvalue weighted by molar-refractivity contribution is 6.35. The van der Waals surface area contributed by atoms with Gasteiger partial charge in [-0.2, -0.15) is 0 Å². The van der Waals surface area contributed by atoms with E-state index in [-0.39, 0.29) is 0 Å². The third-order valence-corrected chi connectivity index (χ3v) is 3.40. The third-order valence-electron chi connectivity index (χ3n) is 3.05. The van der Waals surface area contributed by atoms with Gasteiger partial charge in [-0.15, -0.1) is 0 Å². The van der Waals surface area contributed by atoms with Crippen LogP contribution in [0.25, 0.3) is 16.3 Å². The summed E-state index contributed by atoms with van der Waals surface area (Å²) in [5.41, 5.74) is 8.01. The molecule has 22 heavy (non-hydrogen) atoms. The van der Waals surface area contributed by atoms with Crippen molar-refractivity contribution in [3.8, 4) is 0 Å². The summed E-state index contributed by atoms with van der Waals surface area (Å²) in [5.74, 6) is 0.750. The van der Waals surface area contributed by atoms with E-state index in [1.54, 1.807) is 12.3 Å². The second kappa shape index (κ2) is 6.41. The monoisotopic (exact) mass is 314 g/mol. The summed E-state index contributed by atoms with van der Waals surface area (Å²) in [6.07, 6.45) is 3.65. The number of pyridine rings is 2. The Morgan fingerprint density at radius 2 is 2.18 bits per heavy atom. The molecule has 0 aromatic carbocycles. The van der Waals surface area contributed by atoms with Crippen LogP contribution in [0, 0.1) is 0 Å². The molecule has 0 saturated heterocycles. The van der Waals surface area contributed by atoms with Gasteiger partial charge in [0.2, 0.25) is 6.41 Å². The van der Waals surface area contributed by atoms with Gasteiger partial charge in [0.15, 0.2) is 0 Å². The van der Waals surface area contributed by atoms with Gasteiger partial charge in [0, 0.05) is 22.2 Å². The van der Waals surface area contributed by atoms with E-state index in [2.05, 4.69) is 28.4 Å². The highest BCUT2D eigenvalue weighted by atomic mass is 35.5. The van der Waals surface area contributed by atoms with Crippen molar-refractivity contribution in [3.05, 3.63) is 53.9 Å². The summed E-state index contributed by atoms with van der Waals surface area (Å²) in [4.78, 5) is 19.0. The number of amides is 1. The molecule has 0 fully saturated rings. The first kappa shape index (κ1) is 15.7. The minimum absolute atomic E-state index is 0.324. The molecule has 0 radical (unpaired) electrons. The molecule has 1 amide bonds. The maximum atomic E-state index is 10.5. The highest BCUT2D eigenvalue weighted by Gasteiger charge is 2.12. The van der Waals surface area contributed by atoms with E-state index in [0.29, 0.717) is 39.7 Å². The van der Waals surface area contributed by atoms with Crippen LogP contribution in [0.2, 0.25) is 0 Å². The number of rotatable bonds is 5. The Balaban J connectivity index is 2.72. The molecule has 6 heteroatoms. The fraction of sp³-hybridized carbons (Fsp3) is 0.0625. The minimum atomic E-state index is 0.324. The number of nitrogens with zero attached hydrogens (tertiary/aromatic N) is 2. The fourth-order valence-electron chi connectivity index (χ4n) is 2.09. The molecular formula is C16H15ClN4O. The van der Waals surface area contributed by atoms with Crippen molar-refractivity contribution in [2.75, 3.05) is 11.1 Å². The first-order valence-corrected chi connectivity index (χ1v) is 6.80. The summed E-state index contributed by atoms with van der Waals surface area (Å²) >= 11 is 6.19. The zero-order chi connectivity index (χ0) is 16.3. The van der Waals surface area contributed by atoms with Crippen molar-refractivity contribution in [1.29, 1.82) is 0 Å². The summed E-state index contributed by atoms with van der Waals surface area (Å²) in [6.45, 7) is 9.41. The Morgan fingerprint density at radius 3 is 2.77 bits per heavy atom. The Kier molecular flexibility index (Phi) is 4.58. The topological polar surface area (TPSA) is 80.9 Å². The zero-order valence-electron chi connectivity index (χ0n) is 12.1. The number of hydrogen-bond donors (Lipinski definition) is 2. The maximum absolute atomic E-state index is 10.5. The van der Waals surface area contributed by atoms with Crippen molar-refractivity contribution < 1.29 is 4.79 Å². The first-order chi connectivity index (χ1) is 10.5. The van der Waals surface area contributed by atoms with Crippen molar-refractivity contribution in [3.63, 3.8) is 0 Å². The summed E-state index contributed by atoms with van der Waals surface area (Å²) in [5, 5.41) is 4.42. The molecule has 0 atom stereocenters. The van der Waals surface area contributed by atoms with Crippen LogP contribution in [-0.4, -0.2) is 16.4 Å². The van der Waals surface area contributed by atoms with Crippen molar-refractivity contribution >= 4 is 46.0 Å². The lowest BCUT2D eigenvalue weighted by Gasteiger charge is -2.11. The van der Waals surface area contributed by atoms with Crippen molar-refractivity contribution in [2.45, 2.75) is 6.92 Å². The lowest BCUT2D eigenvalue weighted by molar-refractivity contribution is -0.105. The largest absolute Gasteiger partial charge is 0.383 e. The van der Waals surface area contributed by atoms with Crippen LogP contribution in [0.4, 0.5) is 11.6 Å². The van der Waals surface area contributed by atoms with E-state index in [4.69, 9.17) is 17.3 Å². The lowest BCUT2D eigenvalue weighted by atomic mass is 10.0. The number of carbonyl (C=O) groups excluding carboxylic acids is 1. The molecule has 0 aliphatic carbocycles. The Bertz CT molecular complexity index is 811. The van der Waals surface area contributed by atoms with Gasteiger partial charge in [-0.1, -0.05) is 30.8 Å². The molecule has 2 aromatic heterocycles. The second-order valence-corrected chi connectivity index (χ2v) is 5.06. The summed E-state index contributed by atoms with van der Waals surface area (Å²) < 4.78 is 0. The minimum Gasteiger partial charge on any atom is -0.383 e. The van der Waals surface area contributed by atoms with Gasteiger partial charge in [0.1, 0.15) is 11.6 Å². The van der Waals surface area contributed by atoms with Crippen molar-refractivity contribution in [2.24, 2.45) is 0 Å². The van der Waals surface area contributed by atoms with E-state index >= 15 is 0 Å². The van der Waals surface area contributed by atoms with Crippen LogP contribution >= 0.6 is 11.6 Å². The number of fused-ring (bicyclic) bond motifs is 1. The van der Waals surface area contributed by atoms with Crippen LogP contribution in [0.3, 0.4) is 0 Å². The van der Waals surface area contributed by atoms with Crippen LogP contribution in [0.15, 0.2) is 48.2 Å². The molecule has 2 heterocycles. The molecule has 0 bridgehead atoms. The molecule has 0 aliphatic heterocycles. The number of nitrogen functional groups attached to an aromatic ring is 1. The van der Waals surface area contributed by atoms with Crippen LogP contribution < -0.4 is 11.1 Å². The van der Waals surface area contributed by atoms with Gasteiger partial charge < -0.3 is 11.1 Å². The average Bonchev–Trinajstić information content (AvgIpc) is 2.47. The SMILES string of the molecule is C=C/C(Cl)=C(\C(=C)C)c1cc2cc(NC=O)ncc2c(N)n1. The number of halogens is 1. The Morgan fingerprint density at radius 1 is 1.45 bits per heavy atom. The van der Waals surface area contributed by atoms with E-state index in [1.807, 2.05) is 13.0 Å². The van der Waals surface area contributed by atoms with Crippen molar-refractivity contribution in [1.82, 2.24) is 9.97 Å². The smallest absolute Gasteiger partial charge is 0.212 e. The zero-order valence-corrected chi connectivity index (χ0v) is 12.8. The predicted molar refractivity (Wildman–Crippen MR) is 91.4 cm³/mol. The molecule has 5 nitrogen and oxygen atoms in total. The van der Waals surface area contributed by atoms with Gasteiger partial charge in [0.05, 0.1) is 5.69 Å². The van der Waals surface area contributed by atoms with Crippen LogP contribution in [-0.2, 0) is 4.79 Å². The van der Waals surface area contributed by atoms with Gasteiger partial charge in [-0.25, -0.2) is 9.97 Å². The number of carbonyl (C=O) groups is 1. The molecular weight excluding hydrogens is 300 g/mol. The fourth-order valence-corrected chi connectivity index (χ4v) is 2.35. The highest BCUT2D eigenvalue weighted by Crippen LogP contribution is 2.31. The second-order valence-electron chi connectivity index (χ2n) is 4.65. The third kappa shape index (κ3) is 2.99. The average molecular weight is 315 g/mol. The van der Waals surface area contributed by atoms with E-state index in [9.17, 15) is 4.79 Å². The summed E-state index contributed by atoms with van der Waals surface area (Å²) in [6, 6.07) is 3.53. The van der Waals surface area contributed by atoms with Gasteiger partial charge in [-0.05, 0) is 30.0 Å². The molecule has 0 unspecified atom stereocenters. The van der Waals surface area contributed by atoms with Gasteiger partial charge >= 0.3 is 0 Å². The van der Waals surface area contributed by atoms with E-state index in [1.165, 1.54) is 6.08 Å². The predicted octanol–water partition coefficient (Wildman–Crippen LogP) is 3.49. The molecule has 0 saturated carbocycles. The molecule has 3 N–H and O–H groups in total. The lowest BCUT2D eigenvalue weighted by Crippen LogP contribution is -2.01. The maximum Gasteiger partial charge on any atom is 0.212 e. The quantitative estimate of drug-likeness (QED) is 0.654. The molecule has 0 spiro atoms. The van der Waals surface area contributed by atoms with Crippen LogP contribution in [0.5, 0.6) is 0 Å². The number of hydrogen-bond acceptors (Lipinski definition) is 4. The van der Waals surface area contributed by atoms with E-state index < -0.39 is 0 Å². The number of nitrogens with one attached hydrogen (secondary N) is 1. The molecule has 2 aromatic rings. The van der Waals surface area contributed by atoms with Gasteiger partial charge in [0.25, 0.3) is 0 Å². The van der Waals surface area contributed by atoms with Crippen LogP contribution in [0.1, 0.15) is 12.6 Å². The Hall–Kier alpha value is -2.66. The van der Waals surface area contributed by atoms with Gasteiger partial charge in [-0.3, -0.25) is 4.79 Å². The molecule has 112 valence electrons. The molecule has 2 rings (SSSR count). The number of aromatic nitrogens is 2. The first-order valence-electron chi connectivity index (χ1n) is 6.42. The normalized spacial score (nSPS) is 11.7. The standard InChI is InChI=1S/C16H15ClN4O/c1-4-12(17)15(9(2)3)13-5-10-6-14(20-8-22)19-7-11(10)16(18)21-13/h4-8H,1-2H2,3H3,(H2,18,21)(H,19,20,22)/b15-12-. The number of nitrogens with two attached hydrogens (primary N) is 1. The Labute approximate surface area is 133 Å².